The lowest BCUT2D eigenvalue weighted by molar-refractivity contribution is -0.0538. The van der Waals surface area contributed by atoms with E-state index in [1.54, 1.807) is 73.6 Å². The van der Waals surface area contributed by atoms with E-state index in [9.17, 15) is 13.8 Å². The molecule has 2 N–H and O–H groups in total. The average Bonchev–Trinajstić information content (AvgIpc) is 2.48. The Morgan fingerprint density at radius 2 is 1.53 bits per heavy atom. The minimum absolute atomic E-state index is 0.0501. The van der Waals surface area contributed by atoms with Gasteiger partial charge in [0, 0.05) is 11.4 Å². The van der Waals surface area contributed by atoms with Crippen LogP contribution in [0.25, 0.3) is 0 Å². The van der Waals surface area contributed by atoms with Crippen molar-refractivity contribution in [2.75, 3.05) is 11.5 Å². The van der Waals surface area contributed by atoms with Gasteiger partial charge in [-0.25, -0.2) is 13.8 Å². The van der Waals surface area contributed by atoms with Gasteiger partial charge in [0.15, 0.2) is 0 Å². The number of anilines is 1. The van der Waals surface area contributed by atoms with E-state index in [0.29, 0.717) is 10.6 Å². The number of amides is 1. The fourth-order valence-corrected chi connectivity index (χ4v) is 4.35. The number of rotatable bonds is 5. The van der Waals surface area contributed by atoms with Crippen LogP contribution in [-0.4, -0.2) is 39.0 Å². The average molecular weight is 443 g/mol. The van der Waals surface area contributed by atoms with E-state index in [1.165, 1.54) is 6.07 Å². The van der Waals surface area contributed by atoms with E-state index in [2.05, 4.69) is 4.36 Å². The van der Waals surface area contributed by atoms with E-state index in [0.717, 1.165) is 0 Å². The van der Waals surface area contributed by atoms with Gasteiger partial charge in [0.05, 0.1) is 14.6 Å². The summed E-state index contributed by atoms with van der Waals surface area (Å²) in [7, 11) is -3.23. The SMILES string of the molecule is CC(C)(C)OC(=O)N=S(=O)(CCC(C)(C)OC(=O)OC(C)(C)C)c1cccc(N)c1. The Labute approximate surface area is 179 Å². The number of nitrogen functional groups attached to an aromatic ring is 1. The molecule has 1 amide bonds. The van der Waals surface area contributed by atoms with E-state index in [4.69, 9.17) is 19.9 Å². The number of hydrogen-bond acceptors (Lipinski definition) is 7. The molecular weight excluding hydrogens is 408 g/mol. The van der Waals surface area contributed by atoms with E-state index < -0.39 is 38.8 Å². The van der Waals surface area contributed by atoms with Gasteiger partial charge >= 0.3 is 12.2 Å². The first kappa shape index (κ1) is 25.7. The summed E-state index contributed by atoms with van der Waals surface area (Å²) < 4.78 is 33.4. The number of carbonyl (C=O) groups excluding carboxylic acids is 2. The second-order valence-electron chi connectivity index (χ2n) is 9.56. The number of carbonyl (C=O) groups is 2. The zero-order chi connectivity index (χ0) is 23.4. The Morgan fingerprint density at radius 3 is 2.03 bits per heavy atom. The number of ether oxygens (including phenoxy) is 3. The summed E-state index contributed by atoms with van der Waals surface area (Å²) in [5.74, 6) is -0.0501. The quantitative estimate of drug-likeness (QED) is 0.495. The molecule has 1 atom stereocenters. The molecule has 0 aliphatic heterocycles. The molecule has 1 aromatic carbocycles. The molecule has 0 aliphatic rings. The zero-order valence-electron chi connectivity index (χ0n) is 19.1. The summed E-state index contributed by atoms with van der Waals surface area (Å²) in [4.78, 5) is 24.6. The lowest BCUT2D eigenvalue weighted by Gasteiger charge is -2.28. The number of benzene rings is 1. The summed E-state index contributed by atoms with van der Waals surface area (Å²) in [5, 5.41) is 0. The first-order valence-corrected chi connectivity index (χ1v) is 11.3. The summed E-state index contributed by atoms with van der Waals surface area (Å²) in [6.45, 7) is 13.6. The maximum atomic E-state index is 13.7. The summed E-state index contributed by atoms with van der Waals surface area (Å²) in [6.07, 6.45) is -1.60. The number of nitrogens with two attached hydrogens (primary N) is 1. The van der Waals surface area contributed by atoms with Gasteiger partial charge in [-0.3, -0.25) is 0 Å². The second-order valence-corrected chi connectivity index (χ2v) is 11.9. The van der Waals surface area contributed by atoms with Crippen LogP contribution in [-0.2, 0) is 23.9 Å². The van der Waals surface area contributed by atoms with Gasteiger partial charge in [-0.05, 0) is 80.0 Å². The Bertz CT molecular complexity index is 887. The highest BCUT2D eigenvalue weighted by Gasteiger charge is 2.30. The van der Waals surface area contributed by atoms with E-state index >= 15 is 0 Å². The van der Waals surface area contributed by atoms with E-state index in [-0.39, 0.29) is 12.2 Å². The van der Waals surface area contributed by atoms with Crippen molar-refractivity contribution >= 4 is 27.7 Å². The largest absolute Gasteiger partial charge is 0.509 e. The number of hydrogen-bond donors (Lipinski definition) is 1. The topological polar surface area (TPSA) is 117 Å². The van der Waals surface area contributed by atoms with Gasteiger partial charge in [0.25, 0.3) is 0 Å². The summed E-state index contributed by atoms with van der Waals surface area (Å²) >= 11 is 0. The minimum atomic E-state index is -3.23. The molecule has 0 heterocycles. The molecule has 1 aromatic rings. The molecule has 0 fully saturated rings. The van der Waals surface area contributed by atoms with Crippen molar-refractivity contribution in [3.05, 3.63) is 24.3 Å². The molecule has 1 rings (SSSR count). The minimum Gasteiger partial charge on any atom is -0.442 e. The van der Waals surface area contributed by atoms with Crippen molar-refractivity contribution in [3.63, 3.8) is 0 Å². The highest BCUT2D eigenvalue weighted by Crippen LogP contribution is 2.24. The lowest BCUT2D eigenvalue weighted by atomic mass is 10.1. The van der Waals surface area contributed by atoms with Crippen LogP contribution in [0.1, 0.15) is 61.8 Å². The number of nitrogens with zero attached hydrogens (tertiary/aromatic N) is 1. The Hall–Kier alpha value is -2.29. The van der Waals surface area contributed by atoms with Crippen molar-refractivity contribution in [3.8, 4) is 0 Å². The predicted octanol–water partition coefficient (Wildman–Crippen LogP) is 5.15. The van der Waals surface area contributed by atoms with Crippen LogP contribution in [0, 0.1) is 0 Å². The third-order valence-electron chi connectivity index (χ3n) is 3.57. The molecule has 0 spiro atoms. The van der Waals surface area contributed by atoms with Crippen molar-refractivity contribution in [1.82, 2.24) is 0 Å². The normalized spacial score (nSPS) is 14.4. The van der Waals surface area contributed by atoms with Crippen LogP contribution < -0.4 is 5.73 Å². The third-order valence-corrected chi connectivity index (χ3v) is 5.76. The van der Waals surface area contributed by atoms with Crippen LogP contribution in [0.15, 0.2) is 33.5 Å². The molecule has 9 heteroatoms. The van der Waals surface area contributed by atoms with Gasteiger partial charge in [-0.1, -0.05) is 6.07 Å². The fourth-order valence-electron chi connectivity index (χ4n) is 2.26. The molecule has 0 saturated carbocycles. The predicted molar refractivity (Wildman–Crippen MR) is 117 cm³/mol. The molecule has 170 valence electrons. The zero-order valence-corrected chi connectivity index (χ0v) is 19.9. The molecule has 0 aromatic heterocycles. The molecule has 0 bridgehead atoms. The maximum Gasteiger partial charge on any atom is 0.509 e. The molecule has 0 saturated heterocycles. The highest BCUT2D eigenvalue weighted by molar-refractivity contribution is 7.94. The van der Waals surface area contributed by atoms with Crippen molar-refractivity contribution < 1.29 is 28.0 Å². The fraction of sp³-hybridized carbons (Fsp3) is 0.619. The molecule has 0 radical (unpaired) electrons. The van der Waals surface area contributed by atoms with Crippen molar-refractivity contribution in [2.45, 2.75) is 83.5 Å². The first-order chi connectivity index (χ1) is 13.4. The third kappa shape index (κ3) is 9.47. The molecule has 30 heavy (non-hydrogen) atoms. The molecular formula is C21H34N2O6S. The molecule has 8 nitrogen and oxygen atoms in total. The maximum absolute atomic E-state index is 13.7. The Balaban J connectivity index is 3.14. The van der Waals surface area contributed by atoms with Crippen LogP contribution in [0.2, 0.25) is 0 Å². The van der Waals surface area contributed by atoms with Gasteiger partial charge in [0.2, 0.25) is 0 Å². The van der Waals surface area contributed by atoms with Crippen LogP contribution in [0.5, 0.6) is 0 Å². The Kier molecular flexibility index (Phi) is 7.93. The van der Waals surface area contributed by atoms with Crippen molar-refractivity contribution in [2.24, 2.45) is 4.36 Å². The lowest BCUT2D eigenvalue weighted by Crippen LogP contribution is -2.34. The molecule has 0 aliphatic carbocycles. The monoisotopic (exact) mass is 442 g/mol. The van der Waals surface area contributed by atoms with Gasteiger partial charge in [0.1, 0.15) is 16.8 Å². The summed E-state index contributed by atoms with van der Waals surface area (Å²) in [5.41, 5.74) is 3.73. The van der Waals surface area contributed by atoms with Gasteiger partial charge in [-0.2, -0.15) is 0 Å². The van der Waals surface area contributed by atoms with Crippen LogP contribution >= 0.6 is 0 Å². The van der Waals surface area contributed by atoms with Crippen molar-refractivity contribution in [1.29, 1.82) is 0 Å². The van der Waals surface area contributed by atoms with Gasteiger partial charge < -0.3 is 19.9 Å². The molecule has 1 unspecified atom stereocenters. The standard InChI is InChI=1S/C21H34N2O6S/c1-19(2,3)27-17(24)23-30(26,16-11-9-10-15(22)14-16)13-12-21(7,8)29-18(25)28-20(4,5)6/h9-11,14H,12-13,22H2,1-8H3. The van der Waals surface area contributed by atoms with Crippen LogP contribution in [0.4, 0.5) is 15.3 Å². The summed E-state index contributed by atoms with van der Waals surface area (Å²) in [6, 6.07) is 6.38. The van der Waals surface area contributed by atoms with Gasteiger partial charge in [-0.15, -0.1) is 4.36 Å². The first-order valence-electron chi connectivity index (χ1n) is 9.66. The van der Waals surface area contributed by atoms with E-state index in [1.807, 2.05) is 0 Å². The highest BCUT2D eigenvalue weighted by atomic mass is 32.2. The second kappa shape index (κ2) is 9.24. The van der Waals surface area contributed by atoms with Crippen LogP contribution in [0.3, 0.4) is 0 Å². The smallest absolute Gasteiger partial charge is 0.442 e. The Morgan fingerprint density at radius 1 is 0.967 bits per heavy atom.